The van der Waals surface area contributed by atoms with Gasteiger partial charge in [-0.2, -0.15) is 13.2 Å². The van der Waals surface area contributed by atoms with E-state index in [0.717, 1.165) is 43.6 Å². The molecule has 0 bridgehead atoms. The molecule has 100 valence electrons. The number of rotatable bonds is 3. The van der Waals surface area contributed by atoms with Crippen LogP contribution in [0.3, 0.4) is 0 Å². The van der Waals surface area contributed by atoms with Crippen molar-refractivity contribution in [2.45, 2.75) is 11.1 Å². The Morgan fingerprint density at radius 3 is 2.61 bits per heavy atom. The molecule has 0 amide bonds. The summed E-state index contributed by atoms with van der Waals surface area (Å²) < 4.78 is 36.5. The molecule has 0 aliphatic carbocycles. The lowest BCUT2D eigenvalue weighted by atomic mass is 10.2. The van der Waals surface area contributed by atoms with Crippen LogP contribution in [0, 0.1) is 0 Å². The van der Waals surface area contributed by atoms with Crippen molar-refractivity contribution in [1.82, 2.24) is 5.32 Å². The summed E-state index contributed by atoms with van der Waals surface area (Å²) in [6.07, 6.45) is -4.12. The Bertz CT molecular complexity index is 389. The van der Waals surface area contributed by atoms with Crippen LogP contribution in [-0.4, -0.2) is 38.1 Å². The monoisotopic (exact) mass is 276 g/mol. The van der Waals surface area contributed by atoms with Crippen LogP contribution in [0.4, 0.5) is 18.9 Å². The van der Waals surface area contributed by atoms with E-state index >= 15 is 0 Å². The quantitative estimate of drug-likeness (QED) is 0.855. The smallest absolute Gasteiger partial charge is 0.369 e. The van der Waals surface area contributed by atoms with Crippen LogP contribution < -0.4 is 10.2 Å². The average molecular weight is 276 g/mol. The highest BCUT2D eigenvalue weighted by Crippen LogP contribution is 2.29. The molecular weight excluding hydrogens is 261 g/mol. The standard InChI is InChI=1S/C12H15F3N2S/c13-12(14,15)9-18-11-3-1-2-10(8-11)17-6-4-16-5-7-17/h1-3,8,16H,4-7,9H2. The van der Waals surface area contributed by atoms with E-state index in [0.29, 0.717) is 4.90 Å². The zero-order valence-electron chi connectivity index (χ0n) is 9.83. The normalized spacial score (nSPS) is 16.9. The third kappa shape index (κ3) is 4.10. The summed E-state index contributed by atoms with van der Waals surface area (Å²) in [4.78, 5) is 2.86. The first-order chi connectivity index (χ1) is 8.54. The molecule has 1 N–H and O–H groups in total. The van der Waals surface area contributed by atoms with E-state index in [4.69, 9.17) is 0 Å². The molecule has 2 nitrogen and oxygen atoms in total. The first kappa shape index (κ1) is 13.5. The molecule has 2 rings (SSSR count). The minimum absolute atomic E-state index is 0.670. The van der Waals surface area contributed by atoms with E-state index in [1.54, 1.807) is 6.07 Å². The molecule has 1 heterocycles. The number of hydrogen-bond acceptors (Lipinski definition) is 3. The van der Waals surface area contributed by atoms with Gasteiger partial charge in [0.05, 0.1) is 5.75 Å². The Morgan fingerprint density at radius 1 is 1.22 bits per heavy atom. The van der Waals surface area contributed by atoms with Crippen LogP contribution in [0.2, 0.25) is 0 Å². The van der Waals surface area contributed by atoms with E-state index in [1.807, 2.05) is 18.2 Å². The van der Waals surface area contributed by atoms with Crippen molar-refractivity contribution in [1.29, 1.82) is 0 Å². The lowest BCUT2D eigenvalue weighted by Crippen LogP contribution is -2.43. The predicted molar refractivity (Wildman–Crippen MR) is 68.3 cm³/mol. The van der Waals surface area contributed by atoms with Gasteiger partial charge in [-0.3, -0.25) is 0 Å². The third-order valence-corrected chi connectivity index (χ3v) is 3.76. The van der Waals surface area contributed by atoms with Crippen LogP contribution in [0.15, 0.2) is 29.2 Å². The Morgan fingerprint density at radius 2 is 1.94 bits per heavy atom. The van der Waals surface area contributed by atoms with Gasteiger partial charge in [0.1, 0.15) is 0 Å². The van der Waals surface area contributed by atoms with E-state index in [-0.39, 0.29) is 0 Å². The molecule has 1 fully saturated rings. The highest BCUT2D eigenvalue weighted by Gasteiger charge is 2.27. The van der Waals surface area contributed by atoms with Gasteiger partial charge in [-0.15, -0.1) is 11.8 Å². The number of hydrogen-bond donors (Lipinski definition) is 1. The predicted octanol–water partition coefficient (Wildman–Crippen LogP) is 2.75. The first-order valence-corrected chi connectivity index (χ1v) is 6.78. The number of nitrogens with one attached hydrogen (secondary N) is 1. The zero-order valence-corrected chi connectivity index (χ0v) is 10.7. The van der Waals surface area contributed by atoms with E-state index in [9.17, 15) is 13.2 Å². The number of alkyl halides is 3. The Balaban J connectivity index is 2.00. The fraction of sp³-hybridized carbons (Fsp3) is 0.500. The first-order valence-electron chi connectivity index (χ1n) is 5.80. The second-order valence-corrected chi connectivity index (χ2v) is 5.19. The number of benzene rings is 1. The van der Waals surface area contributed by atoms with Crippen LogP contribution in [-0.2, 0) is 0 Å². The maximum absolute atomic E-state index is 12.2. The van der Waals surface area contributed by atoms with Crippen LogP contribution in [0.25, 0.3) is 0 Å². The summed E-state index contributed by atoms with van der Waals surface area (Å²) in [6.45, 7) is 3.63. The van der Waals surface area contributed by atoms with Crippen molar-refractivity contribution in [3.63, 3.8) is 0 Å². The molecule has 1 aromatic carbocycles. The van der Waals surface area contributed by atoms with Gasteiger partial charge < -0.3 is 10.2 Å². The van der Waals surface area contributed by atoms with Crippen molar-refractivity contribution in [2.75, 3.05) is 36.8 Å². The maximum Gasteiger partial charge on any atom is 0.398 e. The molecular formula is C12H15F3N2S. The molecule has 1 aliphatic heterocycles. The summed E-state index contributed by atoms with van der Waals surface area (Å²) in [5.74, 6) is -0.835. The maximum atomic E-state index is 12.2. The van der Waals surface area contributed by atoms with Crippen molar-refractivity contribution >= 4 is 17.4 Å². The summed E-state index contributed by atoms with van der Waals surface area (Å²) >= 11 is 0.838. The van der Waals surface area contributed by atoms with Gasteiger partial charge in [0.25, 0.3) is 0 Å². The van der Waals surface area contributed by atoms with Crippen molar-refractivity contribution in [3.8, 4) is 0 Å². The molecule has 1 saturated heterocycles. The van der Waals surface area contributed by atoms with E-state index in [1.165, 1.54) is 0 Å². The fourth-order valence-corrected chi connectivity index (χ4v) is 2.57. The largest absolute Gasteiger partial charge is 0.398 e. The topological polar surface area (TPSA) is 15.3 Å². The second kappa shape index (κ2) is 5.84. The molecule has 0 spiro atoms. The van der Waals surface area contributed by atoms with Gasteiger partial charge in [-0.1, -0.05) is 6.07 Å². The molecule has 0 unspecified atom stereocenters. The summed E-state index contributed by atoms with van der Waals surface area (Å²) in [6, 6.07) is 7.32. The van der Waals surface area contributed by atoms with Crippen molar-refractivity contribution < 1.29 is 13.2 Å². The van der Waals surface area contributed by atoms with Crippen LogP contribution in [0.1, 0.15) is 0 Å². The minimum Gasteiger partial charge on any atom is -0.369 e. The lowest BCUT2D eigenvalue weighted by molar-refractivity contribution is -0.105. The van der Waals surface area contributed by atoms with E-state index in [2.05, 4.69) is 10.2 Å². The molecule has 1 aromatic rings. The molecule has 6 heteroatoms. The SMILES string of the molecule is FC(F)(F)CSc1cccc(N2CCNCC2)c1. The highest BCUT2D eigenvalue weighted by atomic mass is 32.2. The lowest BCUT2D eigenvalue weighted by Gasteiger charge is -2.29. The Kier molecular flexibility index (Phi) is 4.40. The number of anilines is 1. The summed E-state index contributed by atoms with van der Waals surface area (Å²) in [5.41, 5.74) is 1.00. The molecule has 1 aliphatic rings. The number of piperazine rings is 1. The van der Waals surface area contributed by atoms with Crippen LogP contribution in [0.5, 0.6) is 0 Å². The third-order valence-electron chi connectivity index (χ3n) is 2.70. The number of thioether (sulfide) groups is 1. The van der Waals surface area contributed by atoms with Gasteiger partial charge in [0.2, 0.25) is 0 Å². The molecule has 0 radical (unpaired) electrons. The van der Waals surface area contributed by atoms with Crippen molar-refractivity contribution in [2.24, 2.45) is 0 Å². The molecule has 0 atom stereocenters. The highest BCUT2D eigenvalue weighted by molar-refractivity contribution is 7.99. The molecule has 18 heavy (non-hydrogen) atoms. The summed E-state index contributed by atoms with van der Waals surface area (Å²) in [7, 11) is 0. The number of halogens is 3. The van der Waals surface area contributed by atoms with Gasteiger partial charge in [-0.05, 0) is 18.2 Å². The average Bonchev–Trinajstić information content (AvgIpc) is 2.37. The Labute approximate surface area is 109 Å². The molecule has 0 aromatic heterocycles. The number of nitrogens with zero attached hydrogens (tertiary/aromatic N) is 1. The Hall–Kier alpha value is -0.880. The van der Waals surface area contributed by atoms with Crippen LogP contribution >= 0.6 is 11.8 Å². The van der Waals surface area contributed by atoms with Gasteiger partial charge >= 0.3 is 6.18 Å². The minimum atomic E-state index is -4.12. The van der Waals surface area contributed by atoms with E-state index < -0.39 is 11.9 Å². The van der Waals surface area contributed by atoms with Gasteiger partial charge in [0, 0.05) is 36.8 Å². The zero-order chi connectivity index (χ0) is 13.0. The van der Waals surface area contributed by atoms with Crippen molar-refractivity contribution in [3.05, 3.63) is 24.3 Å². The van der Waals surface area contributed by atoms with Gasteiger partial charge in [-0.25, -0.2) is 0 Å². The van der Waals surface area contributed by atoms with Gasteiger partial charge in [0.15, 0.2) is 0 Å². The summed E-state index contributed by atoms with van der Waals surface area (Å²) in [5, 5.41) is 3.25. The second-order valence-electron chi connectivity index (χ2n) is 4.14. The molecule has 0 saturated carbocycles. The fourth-order valence-electron chi connectivity index (χ4n) is 1.86.